The van der Waals surface area contributed by atoms with Gasteiger partial charge in [-0.2, -0.15) is 0 Å². The van der Waals surface area contributed by atoms with Crippen molar-refractivity contribution in [1.82, 2.24) is 4.90 Å². The fourth-order valence-electron chi connectivity index (χ4n) is 4.50. The largest absolute Gasteiger partial charge is 0.507 e. The number of carbonyl (C=O) groups is 2. The van der Waals surface area contributed by atoms with E-state index in [1.54, 1.807) is 43.5 Å². The number of nitrogens with zero attached hydrogens (tertiary/aromatic N) is 1. The number of Topliss-reactive ketones (excluding diaryl/α,β-unsaturated/α-hetero) is 1. The van der Waals surface area contributed by atoms with Crippen LogP contribution in [0.25, 0.3) is 5.76 Å². The Balaban J connectivity index is 1.82. The number of methoxy groups -OCH3 is 1. The molecule has 2 heterocycles. The Morgan fingerprint density at radius 1 is 1.21 bits per heavy atom. The highest BCUT2D eigenvalue weighted by Crippen LogP contribution is 2.41. The van der Waals surface area contributed by atoms with Gasteiger partial charge in [0.05, 0.1) is 31.4 Å². The molecule has 2 aliphatic heterocycles. The van der Waals surface area contributed by atoms with Gasteiger partial charge < -0.3 is 24.2 Å². The quantitative estimate of drug-likeness (QED) is 0.389. The minimum absolute atomic E-state index is 0.0646. The Labute approximate surface area is 193 Å². The summed E-state index contributed by atoms with van der Waals surface area (Å²) in [4.78, 5) is 27.8. The van der Waals surface area contributed by atoms with Crippen LogP contribution in [0.4, 0.5) is 0 Å². The number of carbonyl (C=O) groups excluding carboxylic acids is 2. The third-order valence-electron chi connectivity index (χ3n) is 6.12. The van der Waals surface area contributed by atoms with Crippen molar-refractivity contribution in [2.24, 2.45) is 0 Å². The number of benzene rings is 2. The first-order valence-electron chi connectivity index (χ1n) is 11.2. The van der Waals surface area contributed by atoms with Crippen LogP contribution in [0.5, 0.6) is 11.5 Å². The van der Waals surface area contributed by atoms with Gasteiger partial charge in [-0.1, -0.05) is 12.1 Å². The monoisotopic (exact) mass is 451 g/mol. The zero-order valence-corrected chi connectivity index (χ0v) is 19.2. The van der Waals surface area contributed by atoms with Gasteiger partial charge in [-0.25, -0.2) is 0 Å². The second kappa shape index (κ2) is 9.67. The average molecular weight is 452 g/mol. The van der Waals surface area contributed by atoms with Gasteiger partial charge in [-0.3, -0.25) is 9.59 Å². The lowest BCUT2D eigenvalue weighted by molar-refractivity contribution is -0.140. The van der Waals surface area contributed by atoms with Crippen molar-refractivity contribution < 1.29 is 28.9 Å². The van der Waals surface area contributed by atoms with Crippen molar-refractivity contribution in [3.05, 3.63) is 64.7 Å². The van der Waals surface area contributed by atoms with Gasteiger partial charge in [0.15, 0.2) is 0 Å². The molecule has 2 saturated heterocycles. The maximum Gasteiger partial charge on any atom is 0.295 e. The van der Waals surface area contributed by atoms with Gasteiger partial charge in [0.25, 0.3) is 11.7 Å². The molecule has 4 rings (SSSR count). The van der Waals surface area contributed by atoms with Crippen LogP contribution in [-0.2, 0) is 14.3 Å². The zero-order valence-electron chi connectivity index (χ0n) is 19.2. The van der Waals surface area contributed by atoms with E-state index in [1.165, 1.54) is 4.90 Å². The Bertz CT molecular complexity index is 1090. The van der Waals surface area contributed by atoms with Crippen molar-refractivity contribution in [3.8, 4) is 11.5 Å². The number of amides is 1. The minimum atomic E-state index is -0.740. The first-order chi connectivity index (χ1) is 15.9. The van der Waals surface area contributed by atoms with Gasteiger partial charge in [-0.15, -0.1) is 0 Å². The van der Waals surface area contributed by atoms with Crippen LogP contribution in [-0.4, -0.2) is 54.7 Å². The third-order valence-corrected chi connectivity index (χ3v) is 6.12. The van der Waals surface area contributed by atoms with Gasteiger partial charge in [0.1, 0.15) is 17.3 Å². The predicted molar refractivity (Wildman–Crippen MR) is 123 cm³/mol. The first kappa shape index (κ1) is 22.9. The van der Waals surface area contributed by atoms with E-state index in [2.05, 4.69) is 0 Å². The van der Waals surface area contributed by atoms with Crippen LogP contribution in [0.2, 0.25) is 0 Å². The van der Waals surface area contributed by atoms with Crippen LogP contribution >= 0.6 is 0 Å². The van der Waals surface area contributed by atoms with Crippen LogP contribution < -0.4 is 9.47 Å². The lowest BCUT2D eigenvalue weighted by atomic mass is 9.94. The fraction of sp³-hybridized carbons (Fsp3) is 0.385. The molecule has 1 N–H and O–H groups in total. The summed E-state index contributed by atoms with van der Waals surface area (Å²) in [5.41, 5.74) is 2.04. The molecule has 2 aromatic rings. The summed E-state index contributed by atoms with van der Waals surface area (Å²) in [6, 6.07) is 11.7. The Kier molecular flexibility index (Phi) is 6.70. The average Bonchev–Trinajstić information content (AvgIpc) is 3.42. The second-order valence-corrected chi connectivity index (χ2v) is 8.28. The number of aliphatic hydroxyl groups excluding tert-OH is 1. The number of aryl methyl sites for hydroxylation is 1. The molecule has 0 saturated carbocycles. The number of aliphatic hydroxyl groups is 1. The molecule has 2 fully saturated rings. The normalized spacial score (nSPS) is 22.1. The summed E-state index contributed by atoms with van der Waals surface area (Å²) in [5, 5.41) is 11.3. The molecule has 0 aromatic heterocycles. The molecule has 2 aromatic carbocycles. The van der Waals surface area contributed by atoms with Crippen LogP contribution in [0, 0.1) is 6.92 Å². The maximum atomic E-state index is 13.2. The van der Waals surface area contributed by atoms with Crippen LogP contribution in [0.15, 0.2) is 48.0 Å². The highest BCUT2D eigenvalue weighted by molar-refractivity contribution is 6.46. The maximum absolute atomic E-state index is 13.2. The number of hydrogen-bond acceptors (Lipinski definition) is 6. The highest BCUT2D eigenvalue weighted by Gasteiger charge is 2.47. The molecule has 2 aliphatic rings. The van der Waals surface area contributed by atoms with E-state index in [4.69, 9.17) is 14.2 Å². The van der Waals surface area contributed by atoms with Crippen molar-refractivity contribution >= 4 is 17.4 Å². The topological polar surface area (TPSA) is 85.3 Å². The molecule has 33 heavy (non-hydrogen) atoms. The molecular weight excluding hydrogens is 422 g/mol. The number of rotatable bonds is 7. The number of hydrogen-bond donors (Lipinski definition) is 1. The number of ketones is 1. The van der Waals surface area contributed by atoms with E-state index in [1.807, 2.05) is 19.9 Å². The first-order valence-corrected chi connectivity index (χ1v) is 11.2. The summed E-state index contributed by atoms with van der Waals surface area (Å²) in [7, 11) is 1.56. The molecule has 2 atom stereocenters. The van der Waals surface area contributed by atoms with Gasteiger partial charge >= 0.3 is 0 Å². The van der Waals surface area contributed by atoms with Gasteiger partial charge in [0.2, 0.25) is 0 Å². The molecule has 0 radical (unpaired) electrons. The predicted octanol–water partition coefficient (Wildman–Crippen LogP) is 4.00. The van der Waals surface area contributed by atoms with Crippen molar-refractivity contribution in [3.63, 3.8) is 0 Å². The molecule has 0 bridgehead atoms. The molecule has 174 valence electrons. The highest BCUT2D eigenvalue weighted by atomic mass is 16.5. The molecule has 0 aliphatic carbocycles. The molecule has 0 spiro atoms. The molecular formula is C26H29NO6. The van der Waals surface area contributed by atoms with Crippen molar-refractivity contribution in [2.45, 2.75) is 38.8 Å². The molecule has 1 amide bonds. The Morgan fingerprint density at radius 3 is 2.70 bits per heavy atom. The van der Waals surface area contributed by atoms with E-state index < -0.39 is 17.7 Å². The van der Waals surface area contributed by atoms with Crippen molar-refractivity contribution in [2.75, 3.05) is 26.9 Å². The van der Waals surface area contributed by atoms with E-state index in [9.17, 15) is 14.7 Å². The fourth-order valence-corrected chi connectivity index (χ4v) is 4.50. The summed E-state index contributed by atoms with van der Waals surface area (Å²) < 4.78 is 16.7. The summed E-state index contributed by atoms with van der Waals surface area (Å²) in [6.45, 7) is 5.22. The Morgan fingerprint density at radius 2 is 2.03 bits per heavy atom. The zero-order chi connectivity index (χ0) is 23.5. The SMILES string of the molecule is CCOc1ccc(/C(O)=C2/C(=O)C(=O)N(CC3CCCO3)C2c2cccc(OC)c2)cc1C. The minimum Gasteiger partial charge on any atom is -0.507 e. The van der Waals surface area contributed by atoms with Crippen LogP contribution in [0.1, 0.15) is 42.5 Å². The Hall–Kier alpha value is -3.32. The number of likely N-dealkylation sites (tertiary alicyclic amines) is 1. The summed E-state index contributed by atoms with van der Waals surface area (Å²) >= 11 is 0. The molecule has 7 heteroatoms. The standard InChI is InChI=1S/C26H29NO6/c1-4-32-21-11-10-18(13-16(21)2)24(28)22-23(17-7-5-8-19(14-17)31-3)27(26(30)25(22)29)15-20-9-6-12-33-20/h5,7-8,10-11,13-14,20,23,28H,4,6,9,12,15H2,1-3H3/b24-22-. The second-order valence-electron chi connectivity index (χ2n) is 8.28. The van der Waals surface area contributed by atoms with Gasteiger partial charge in [0, 0.05) is 18.7 Å². The summed E-state index contributed by atoms with van der Waals surface area (Å²) in [6.07, 6.45) is 1.61. The van der Waals surface area contributed by atoms with E-state index >= 15 is 0 Å². The van der Waals surface area contributed by atoms with Crippen molar-refractivity contribution in [1.29, 1.82) is 0 Å². The molecule has 7 nitrogen and oxygen atoms in total. The van der Waals surface area contributed by atoms with Crippen LogP contribution in [0.3, 0.4) is 0 Å². The van der Waals surface area contributed by atoms with E-state index in [-0.39, 0.29) is 24.0 Å². The smallest absolute Gasteiger partial charge is 0.295 e. The lowest BCUT2D eigenvalue weighted by Gasteiger charge is -2.27. The third kappa shape index (κ3) is 4.46. The number of ether oxygens (including phenoxy) is 3. The van der Waals surface area contributed by atoms with E-state index in [0.29, 0.717) is 35.8 Å². The van der Waals surface area contributed by atoms with Gasteiger partial charge in [-0.05, 0) is 68.1 Å². The lowest BCUT2D eigenvalue weighted by Crippen LogP contribution is -2.36. The van der Waals surface area contributed by atoms with E-state index in [0.717, 1.165) is 18.4 Å². The molecule has 2 unspecified atom stereocenters. The summed E-state index contributed by atoms with van der Waals surface area (Å²) in [5.74, 6) is -0.237.